The maximum Gasteiger partial charge on any atom is 0.264 e. The summed E-state index contributed by atoms with van der Waals surface area (Å²) in [7, 11) is -4.21. The Morgan fingerprint density at radius 2 is 1.55 bits per heavy atom. The van der Waals surface area contributed by atoms with Gasteiger partial charge in [0.15, 0.2) is 0 Å². The third-order valence-corrected chi connectivity index (χ3v) is 8.97. The van der Waals surface area contributed by atoms with E-state index in [2.05, 4.69) is 5.32 Å². The largest absolute Gasteiger partial charge is 0.352 e. The first-order valence-corrected chi connectivity index (χ1v) is 15.3. The van der Waals surface area contributed by atoms with Gasteiger partial charge >= 0.3 is 0 Å². The Labute approximate surface area is 251 Å². The van der Waals surface area contributed by atoms with E-state index in [0.717, 1.165) is 4.31 Å². The molecule has 0 aliphatic rings. The van der Waals surface area contributed by atoms with Gasteiger partial charge in [0.1, 0.15) is 12.6 Å². The molecule has 214 valence electrons. The van der Waals surface area contributed by atoms with Crippen LogP contribution in [-0.4, -0.2) is 43.8 Å². The van der Waals surface area contributed by atoms with Gasteiger partial charge in [0.2, 0.25) is 11.8 Å². The number of nitrogens with zero attached hydrogens (tertiary/aromatic N) is 2. The second-order valence-corrected chi connectivity index (χ2v) is 12.7. The standard InChI is InChI=1S/C29H32Cl3N3O4S/c1-5-26(29(37)33-19(2)3)34(17-23-24(31)12-9-13-25(23)32)28(36)18-35(27-16-21(30)15-14-20(27)4)40(38,39)22-10-7-6-8-11-22/h6-16,19,26H,5,17-18H2,1-4H3,(H,33,37). The van der Waals surface area contributed by atoms with Crippen LogP contribution in [0.25, 0.3) is 0 Å². The first-order chi connectivity index (χ1) is 18.9. The highest BCUT2D eigenvalue weighted by molar-refractivity contribution is 7.92. The molecule has 3 aromatic carbocycles. The minimum atomic E-state index is -4.21. The van der Waals surface area contributed by atoms with Gasteiger partial charge in [-0.1, -0.05) is 72.1 Å². The van der Waals surface area contributed by atoms with Crippen LogP contribution in [-0.2, 0) is 26.2 Å². The van der Waals surface area contributed by atoms with E-state index < -0.39 is 28.5 Å². The van der Waals surface area contributed by atoms with Crippen LogP contribution < -0.4 is 9.62 Å². The summed E-state index contributed by atoms with van der Waals surface area (Å²) < 4.78 is 28.9. The van der Waals surface area contributed by atoms with Crippen molar-refractivity contribution in [2.75, 3.05) is 10.8 Å². The van der Waals surface area contributed by atoms with Crippen molar-refractivity contribution < 1.29 is 18.0 Å². The van der Waals surface area contributed by atoms with Gasteiger partial charge in [0, 0.05) is 33.2 Å². The number of rotatable bonds is 11. The van der Waals surface area contributed by atoms with Gasteiger partial charge in [-0.25, -0.2) is 8.42 Å². The first kappa shape index (κ1) is 31.7. The molecule has 1 N–H and O–H groups in total. The molecule has 2 amide bonds. The zero-order chi connectivity index (χ0) is 29.6. The van der Waals surface area contributed by atoms with Gasteiger partial charge in [-0.3, -0.25) is 13.9 Å². The fourth-order valence-electron chi connectivity index (χ4n) is 4.24. The van der Waals surface area contributed by atoms with Gasteiger partial charge < -0.3 is 10.2 Å². The fraction of sp³-hybridized carbons (Fsp3) is 0.310. The van der Waals surface area contributed by atoms with Crippen molar-refractivity contribution in [3.63, 3.8) is 0 Å². The van der Waals surface area contributed by atoms with Crippen molar-refractivity contribution in [2.24, 2.45) is 0 Å². The van der Waals surface area contributed by atoms with Crippen LogP contribution in [0.5, 0.6) is 0 Å². The number of halogens is 3. The van der Waals surface area contributed by atoms with E-state index in [1.165, 1.54) is 23.1 Å². The lowest BCUT2D eigenvalue weighted by atomic mass is 10.1. The number of carbonyl (C=O) groups is 2. The summed E-state index contributed by atoms with van der Waals surface area (Å²) in [6, 6.07) is 16.5. The minimum absolute atomic E-state index is 0.00691. The van der Waals surface area contributed by atoms with E-state index in [4.69, 9.17) is 34.8 Å². The molecule has 0 spiro atoms. The molecule has 0 fully saturated rings. The average molecular weight is 625 g/mol. The molecule has 0 aromatic heterocycles. The molecular weight excluding hydrogens is 593 g/mol. The Balaban J connectivity index is 2.14. The maximum absolute atomic E-state index is 14.1. The Morgan fingerprint density at radius 3 is 2.12 bits per heavy atom. The predicted octanol–water partition coefficient (Wildman–Crippen LogP) is 6.48. The van der Waals surface area contributed by atoms with Gasteiger partial charge in [-0.05, 0) is 69.2 Å². The molecule has 40 heavy (non-hydrogen) atoms. The minimum Gasteiger partial charge on any atom is -0.352 e. The number of anilines is 1. The van der Waals surface area contributed by atoms with Crippen LogP contribution >= 0.6 is 34.8 Å². The summed E-state index contributed by atoms with van der Waals surface area (Å²) >= 11 is 19.1. The van der Waals surface area contributed by atoms with Gasteiger partial charge in [0.05, 0.1) is 10.6 Å². The summed E-state index contributed by atoms with van der Waals surface area (Å²) in [5.41, 5.74) is 1.30. The molecule has 7 nitrogen and oxygen atoms in total. The summed E-state index contributed by atoms with van der Waals surface area (Å²) in [6.45, 7) is 6.45. The molecule has 1 unspecified atom stereocenters. The number of aryl methyl sites for hydroxylation is 1. The number of nitrogens with one attached hydrogen (secondary N) is 1. The number of carbonyl (C=O) groups excluding carboxylic acids is 2. The Morgan fingerprint density at radius 1 is 0.925 bits per heavy atom. The topological polar surface area (TPSA) is 86.8 Å². The van der Waals surface area contributed by atoms with E-state index >= 15 is 0 Å². The van der Waals surface area contributed by atoms with Crippen LogP contribution in [0.1, 0.15) is 38.3 Å². The summed E-state index contributed by atoms with van der Waals surface area (Å²) in [4.78, 5) is 28.7. The Bertz CT molecular complexity index is 1450. The summed E-state index contributed by atoms with van der Waals surface area (Å²) in [5.74, 6) is -0.981. The highest BCUT2D eigenvalue weighted by atomic mass is 35.5. The molecule has 0 heterocycles. The SMILES string of the molecule is CCC(C(=O)NC(C)C)N(Cc1c(Cl)cccc1Cl)C(=O)CN(c1cc(Cl)ccc1C)S(=O)(=O)c1ccccc1. The fourth-order valence-corrected chi connectivity index (χ4v) is 6.41. The summed E-state index contributed by atoms with van der Waals surface area (Å²) in [6.07, 6.45) is 0.272. The average Bonchev–Trinajstić information content (AvgIpc) is 2.90. The molecule has 1 atom stereocenters. The third kappa shape index (κ3) is 7.49. The monoisotopic (exact) mass is 623 g/mol. The normalized spacial score (nSPS) is 12.2. The quantitative estimate of drug-likeness (QED) is 0.265. The second-order valence-electron chi connectivity index (χ2n) is 9.56. The zero-order valence-electron chi connectivity index (χ0n) is 22.7. The molecule has 0 saturated heterocycles. The van der Waals surface area contributed by atoms with Crippen molar-refractivity contribution in [3.05, 3.63) is 92.9 Å². The van der Waals surface area contributed by atoms with Gasteiger partial charge in [-0.15, -0.1) is 0 Å². The molecular formula is C29H32Cl3N3O4S. The van der Waals surface area contributed by atoms with E-state index in [1.54, 1.807) is 62.4 Å². The second kappa shape index (κ2) is 13.7. The molecule has 0 bridgehead atoms. The van der Waals surface area contributed by atoms with Crippen LogP contribution in [0.2, 0.25) is 15.1 Å². The molecule has 0 aliphatic heterocycles. The van der Waals surface area contributed by atoms with E-state index in [1.807, 2.05) is 13.8 Å². The van der Waals surface area contributed by atoms with Crippen molar-refractivity contribution >= 4 is 62.3 Å². The number of sulfonamides is 1. The van der Waals surface area contributed by atoms with Crippen LogP contribution in [0, 0.1) is 6.92 Å². The lowest BCUT2D eigenvalue weighted by Crippen LogP contribution is -2.53. The number of hydrogen-bond donors (Lipinski definition) is 1. The third-order valence-electron chi connectivity index (χ3n) is 6.26. The van der Waals surface area contributed by atoms with E-state index in [0.29, 0.717) is 26.2 Å². The van der Waals surface area contributed by atoms with Crippen molar-refractivity contribution in [2.45, 2.75) is 57.6 Å². The van der Waals surface area contributed by atoms with Gasteiger partial charge in [-0.2, -0.15) is 0 Å². The van der Waals surface area contributed by atoms with Crippen LogP contribution in [0.15, 0.2) is 71.6 Å². The van der Waals surface area contributed by atoms with Crippen molar-refractivity contribution in [1.82, 2.24) is 10.2 Å². The predicted molar refractivity (Wildman–Crippen MR) is 162 cm³/mol. The lowest BCUT2D eigenvalue weighted by molar-refractivity contribution is -0.140. The van der Waals surface area contributed by atoms with E-state index in [-0.39, 0.29) is 35.5 Å². The maximum atomic E-state index is 14.1. The number of benzene rings is 3. The Hall–Kier alpha value is -2.78. The molecule has 3 rings (SSSR count). The molecule has 11 heteroatoms. The van der Waals surface area contributed by atoms with Crippen molar-refractivity contribution in [3.8, 4) is 0 Å². The van der Waals surface area contributed by atoms with Crippen LogP contribution in [0.4, 0.5) is 5.69 Å². The summed E-state index contributed by atoms with van der Waals surface area (Å²) in [5, 5.41) is 3.81. The van der Waals surface area contributed by atoms with E-state index in [9.17, 15) is 18.0 Å². The number of amides is 2. The Kier molecular flexibility index (Phi) is 10.9. The molecule has 3 aromatic rings. The smallest absolute Gasteiger partial charge is 0.264 e. The molecule has 0 radical (unpaired) electrons. The lowest BCUT2D eigenvalue weighted by Gasteiger charge is -2.34. The van der Waals surface area contributed by atoms with Crippen molar-refractivity contribution in [1.29, 1.82) is 0 Å². The van der Waals surface area contributed by atoms with Crippen LogP contribution in [0.3, 0.4) is 0 Å². The number of hydrogen-bond acceptors (Lipinski definition) is 4. The highest BCUT2D eigenvalue weighted by Crippen LogP contribution is 2.31. The zero-order valence-corrected chi connectivity index (χ0v) is 25.8. The highest BCUT2D eigenvalue weighted by Gasteiger charge is 2.35. The first-order valence-electron chi connectivity index (χ1n) is 12.7. The molecule has 0 aliphatic carbocycles. The van der Waals surface area contributed by atoms with Gasteiger partial charge in [0.25, 0.3) is 10.0 Å². The molecule has 0 saturated carbocycles.